The standard InChI is InChI=1S/C22H26FN5O4S2/c1-15-10-17(23)12-18(11-15)28-22(29)21(32-9-4-20-16(2)24-14-33-20)19(13-25-28)26-5-7-27(8-6-26)34(3,30)31/h10-14H,4-9H2,1-3H3. The van der Waals surface area contributed by atoms with Crippen LogP contribution >= 0.6 is 11.3 Å². The summed E-state index contributed by atoms with van der Waals surface area (Å²) in [5.41, 5.74) is 3.64. The van der Waals surface area contributed by atoms with Crippen LogP contribution in [0.15, 0.2) is 34.7 Å². The minimum absolute atomic E-state index is 0.104. The van der Waals surface area contributed by atoms with Gasteiger partial charge in [0.05, 0.1) is 36.0 Å². The van der Waals surface area contributed by atoms with E-state index in [2.05, 4.69) is 10.1 Å². The zero-order valence-corrected chi connectivity index (χ0v) is 20.8. The van der Waals surface area contributed by atoms with Gasteiger partial charge < -0.3 is 9.64 Å². The molecule has 0 saturated carbocycles. The lowest BCUT2D eigenvalue weighted by atomic mass is 10.2. The molecule has 1 aliphatic heterocycles. The summed E-state index contributed by atoms with van der Waals surface area (Å²) in [5.74, 6) is -0.361. The number of benzene rings is 1. The monoisotopic (exact) mass is 507 g/mol. The van der Waals surface area contributed by atoms with Crippen molar-refractivity contribution < 1.29 is 17.5 Å². The van der Waals surface area contributed by atoms with E-state index in [1.165, 1.54) is 40.2 Å². The third-order valence-electron chi connectivity index (χ3n) is 5.65. The molecule has 0 N–H and O–H groups in total. The van der Waals surface area contributed by atoms with Crippen LogP contribution in [0.1, 0.15) is 16.1 Å². The van der Waals surface area contributed by atoms with E-state index in [1.807, 2.05) is 11.8 Å². The molecule has 1 aliphatic rings. The van der Waals surface area contributed by atoms with Gasteiger partial charge in [-0.25, -0.2) is 17.8 Å². The number of halogens is 1. The van der Waals surface area contributed by atoms with Crippen LogP contribution in [0.3, 0.4) is 0 Å². The van der Waals surface area contributed by atoms with Crippen LogP contribution in [0.4, 0.5) is 10.1 Å². The molecule has 9 nitrogen and oxygen atoms in total. The van der Waals surface area contributed by atoms with Crippen LogP contribution in [0.5, 0.6) is 5.75 Å². The van der Waals surface area contributed by atoms with E-state index < -0.39 is 21.4 Å². The highest BCUT2D eigenvalue weighted by molar-refractivity contribution is 7.88. The van der Waals surface area contributed by atoms with Crippen LogP contribution in [-0.2, 0) is 16.4 Å². The van der Waals surface area contributed by atoms with Gasteiger partial charge in [0.25, 0.3) is 0 Å². The highest BCUT2D eigenvalue weighted by atomic mass is 32.2. The van der Waals surface area contributed by atoms with Crippen molar-refractivity contribution in [2.45, 2.75) is 20.3 Å². The van der Waals surface area contributed by atoms with E-state index in [0.29, 0.717) is 49.5 Å². The Bertz CT molecular complexity index is 1330. The number of anilines is 1. The van der Waals surface area contributed by atoms with Crippen molar-refractivity contribution >= 4 is 27.0 Å². The molecule has 1 fully saturated rings. The van der Waals surface area contributed by atoms with E-state index in [0.717, 1.165) is 15.3 Å². The molecule has 1 aromatic carbocycles. The van der Waals surface area contributed by atoms with Crippen molar-refractivity contribution in [1.82, 2.24) is 19.1 Å². The zero-order chi connectivity index (χ0) is 24.5. The SMILES string of the molecule is Cc1cc(F)cc(-n2ncc(N3CCN(S(C)(=O)=O)CC3)c(OCCc3scnc3C)c2=O)c1. The molecule has 0 spiro atoms. The van der Waals surface area contributed by atoms with Gasteiger partial charge in [-0.3, -0.25) is 4.79 Å². The maximum absolute atomic E-state index is 14.0. The van der Waals surface area contributed by atoms with Crippen LogP contribution in [0, 0.1) is 19.7 Å². The molecule has 2 aromatic heterocycles. The molecule has 182 valence electrons. The Morgan fingerprint density at radius 3 is 2.50 bits per heavy atom. The van der Waals surface area contributed by atoms with Gasteiger partial charge in [-0.05, 0) is 37.6 Å². The second-order valence-corrected chi connectivity index (χ2v) is 11.1. The fourth-order valence-corrected chi connectivity index (χ4v) is 5.48. The Labute approximate surface area is 201 Å². The first-order valence-corrected chi connectivity index (χ1v) is 13.5. The number of piperazine rings is 1. The van der Waals surface area contributed by atoms with Crippen molar-refractivity contribution in [1.29, 1.82) is 0 Å². The summed E-state index contributed by atoms with van der Waals surface area (Å²) in [5, 5.41) is 4.28. The van der Waals surface area contributed by atoms with E-state index in [-0.39, 0.29) is 12.4 Å². The first-order valence-electron chi connectivity index (χ1n) is 10.7. The quantitative estimate of drug-likeness (QED) is 0.483. The molecule has 0 amide bonds. The van der Waals surface area contributed by atoms with Gasteiger partial charge in [0.2, 0.25) is 15.8 Å². The fourth-order valence-electron chi connectivity index (χ4n) is 3.89. The van der Waals surface area contributed by atoms with Crippen molar-refractivity contribution in [2.75, 3.05) is 43.9 Å². The highest BCUT2D eigenvalue weighted by Crippen LogP contribution is 2.26. The predicted molar refractivity (Wildman–Crippen MR) is 129 cm³/mol. The first kappa shape index (κ1) is 24.3. The summed E-state index contributed by atoms with van der Waals surface area (Å²) < 4.78 is 46.3. The molecule has 12 heteroatoms. The number of hydrogen-bond donors (Lipinski definition) is 0. The molecular formula is C22H26FN5O4S2. The Morgan fingerprint density at radius 2 is 1.88 bits per heavy atom. The molecule has 34 heavy (non-hydrogen) atoms. The normalized spacial score (nSPS) is 15.0. The largest absolute Gasteiger partial charge is 0.486 e. The van der Waals surface area contributed by atoms with Crippen molar-refractivity contribution in [3.05, 3.63) is 62.2 Å². The number of aryl methyl sites for hydroxylation is 2. The molecule has 4 rings (SSSR count). The van der Waals surface area contributed by atoms with Crippen LogP contribution in [0.2, 0.25) is 0 Å². The highest BCUT2D eigenvalue weighted by Gasteiger charge is 2.27. The van der Waals surface area contributed by atoms with Gasteiger partial charge in [-0.15, -0.1) is 11.3 Å². The zero-order valence-electron chi connectivity index (χ0n) is 19.2. The molecule has 1 saturated heterocycles. The van der Waals surface area contributed by atoms with Crippen LogP contribution in [0.25, 0.3) is 5.69 Å². The number of sulfonamides is 1. The number of thiazole rings is 1. The minimum atomic E-state index is -3.29. The summed E-state index contributed by atoms with van der Waals surface area (Å²) in [6.45, 7) is 5.28. The van der Waals surface area contributed by atoms with E-state index >= 15 is 0 Å². The van der Waals surface area contributed by atoms with Gasteiger partial charge in [-0.2, -0.15) is 14.1 Å². The van der Waals surface area contributed by atoms with Gasteiger partial charge in [0.15, 0.2) is 0 Å². The summed E-state index contributed by atoms with van der Waals surface area (Å²) in [6, 6.07) is 4.29. The van der Waals surface area contributed by atoms with E-state index in [9.17, 15) is 17.6 Å². The number of nitrogens with zero attached hydrogens (tertiary/aromatic N) is 5. The number of rotatable bonds is 7. The van der Waals surface area contributed by atoms with Gasteiger partial charge in [-0.1, -0.05) is 0 Å². The second-order valence-electron chi connectivity index (χ2n) is 8.17. The summed E-state index contributed by atoms with van der Waals surface area (Å²) in [4.78, 5) is 20.6. The van der Waals surface area contributed by atoms with Crippen LogP contribution < -0.4 is 15.2 Å². The number of ether oxygens (including phenoxy) is 1. The molecular weight excluding hydrogens is 481 g/mol. The molecule has 0 atom stereocenters. The number of hydrogen-bond acceptors (Lipinski definition) is 8. The lowest BCUT2D eigenvalue weighted by Crippen LogP contribution is -2.48. The Kier molecular flexibility index (Phi) is 7.01. The van der Waals surface area contributed by atoms with Crippen molar-refractivity contribution in [3.8, 4) is 11.4 Å². The predicted octanol–water partition coefficient (Wildman–Crippen LogP) is 2.15. The summed E-state index contributed by atoms with van der Waals surface area (Å²) in [7, 11) is -3.29. The third-order valence-corrected chi connectivity index (χ3v) is 7.95. The molecule has 0 bridgehead atoms. The molecule has 0 radical (unpaired) electrons. The van der Waals surface area contributed by atoms with Gasteiger partial charge in [0.1, 0.15) is 11.5 Å². The Hall–Kier alpha value is -2.83. The van der Waals surface area contributed by atoms with Gasteiger partial charge in [0, 0.05) is 37.5 Å². The molecule has 0 unspecified atom stereocenters. The first-order chi connectivity index (χ1) is 16.1. The second kappa shape index (κ2) is 9.80. The van der Waals surface area contributed by atoms with Crippen molar-refractivity contribution in [2.24, 2.45) is 0 Å². The summed E-state index contributed by atoms with van der Waals surface area (Å²) >= 11 is 1.53. The van der Waals surface area contributed by atoms with Crippen LogP contribution in [-0.4, -0.2) is 66.5 Å². The Morgan fingerprint density at radius 1 is 1.15 bits per heavy atom. The fraction of sp³-hybridized carbons (Fsp3) is 0.409. The maximum Gasteiger partial charge on any atom is 0.316 e. The van der Waals surface area contributed by atoms with E-state index in [1.54, 1.807) is 18.5 Å². The van der Waals surface area contributed by atoms with Crippen molar-refractivity contribution in [3.63, 3.8) is 0 Å². The summed E-state index contributed by atoms with van der Waals surface area (Å²) in [6.07, 6.45) is 3.28. The average molecular weight is 508 g/mol. The maximum atomic E-state index is 14.0. The Balaban J connectivity index is 1.66. The van der Waals surface area contributed by atoms with E-state index in [4.69, 9.17) is 4.74 Å². The molecule has 3 aromatic rings. The topological polar surface area (TPSA) is 97.6 Å². The third kappa shape index (κ3) is 5.29. The minimum Gasteiger partial charge on any atom is -0.486 e. The molecule has 3 heterocycles. The average Bonchev–Trinajstić information content (AvgIpc) is 3.18. The smallest absolute Gasteiger partial charge is 0.316 e. The van der Waals surface area contributed by atoms with Gasteiger partial charge >= 0.3 is 5.56 Å². The lowest BCUT2D eigenvalue weighted by Gasteiger charge is -2.35. The lowest BCUT2D eigenvalue weighted by molar-refractivity contribution is 0.313. The molecule has 0 aliphatic carbocycles. The number of aromatic nitrogens is 3.